The minimum atomic E-state index is -0.898. The fourth-order valence-electron chi connectivity index (χ4n) is 2.30. The van der Waals surface area contributed by atoms with E-state index in [1.165, 1.54) is 0 Å². The van der Waals surface area contributed by atoms with Crippen molar-refractivity contribution in [1.82, 2.24) is 14.3 Å². The average molecular weight is 255 g/mol. The number of carboxylic acids is 1. The lowest BCUT2D eigenvalue weighted by Gasteiger charge is -2.04. The zero-order chi connectivity index (χ0) is 13.4. The van der Waals surface area contributed by atoms with Gasteiger partial charge in [0.2, 0.25) is 0 Å². The van der Waals surface area contributed by atoms with E-state index >= 15 is 0 Å². The van der Waals surface area contributed by atoms with Gasteiger partial charge in [-0.1, -0.05) is 6.07 Å². The Kier molecular flexibility index (Phi) is 2.59. The van der Waals surface area contributed by atoms with Crippen LogP contribution in [0.1, 0.15) is 15.9 Å². The van der Waals surface area contributed by atoms with Gasteiger partial charge >= 0.3 is 5.97 Å². The third kappa shape index (κ3) is 1.99. The van der Waals surface area contributed by atoms with Gasteiger partial charge in [0.1, 0.15) is 0 Å². The Balaban J connectivity index is 2.06. The van der Waals surface area contributed by atoms with Crippen molar-refractivity contribution in [2.75, 3.05) is 0 Å². The molecule has 0 aliphatic rings. The number of aryl methyl sites for hydroxylation is 1. The van der Waals surface area contributed by atoms with Crippen LogP contribution in [0.25, 0.3) is 10.9 Å². The number of fused-ring (bicyclic) bond motifs is 1. The van der Waals surface area contributed by atoms with Gasteiger partial charge in [-0.2, -0.15) is 5.10 Å². The fourth-order valence-corrected chi connectivity index (χ4v) is 2.30. The van der Waals surface area contributed by atoms with E-state index in [0.717, 1.165) is 16.5 Å². The van der Waals surface area contributed by atoms with E-state index in [1.807, 2.05) is 42.3 Å². The lowest BCUT2D eigenvalue weighted by atomic mass is 10.1. The zero-order valence-corrected chi connectivity index (χ0v) is 10.4. The molecule has 0 aliphatic carbocycles. The Labute approximate surface area is 109 Å². The van der Waals surface area contributed by atoms with Crippen molar-refractivity contribution >= 4 is 16.9 Å². The van der Waals surface area contributed by atoms with Gasteiger partial charge in [-0.25, -0.2) is 4.79 Å². The highest BCUT2D eigenvalue weighted by molar-refractivity contribution is 6.02. The van der Waals surface area contributed by atoms with E-state index in [4.69, 9.17) is 5.11 Å². The summed E-state index contributed by atoms with van der Waals surface area (Å²) in [7, 11) is 1.87. The van der Waals surface area contributed by atoms with Gasteiger partial charge in [0.05, 0.1) is 18.3 Å². The van der Waals surface area contributed by atoms with Crippen molar-refractivity contribution in [2.24, 2.45) is 7.05 Å². The molecule has 0 saturated heterocycles. The van der Waals surface area contributed by atoms with Gasteiger partial charge in [-0.05, 0) is 18.2 Å². The third-order valence-electron chi connectivity index (χ3n) is 3.16. The normalized spacial score (nSPS) is 11.0. The molecule has 0 bridgehead atoms. The largest absolute Gasteiger partial charge is 0.478 e. The van der Waals surface area contributed by atoms with Crippen molar-refractivity contribution in [3.8, 4) is 0 Å². The summed E-state index contributed by atoms with van der Waals surface area (Å²) >= 11 is 0. The van der Waals surface area contributed by atoms with E-state index in [-0.39, 0.29) is 0 Å². The van der Waals surface area contributed by atoms with Crippen LogP contribution in [0, 0.1) is 0 Å². The number of aromatic nitrogens is 3. The number of aromatic carboxylic acids is 1. The second-order valence-corrected chi connectivity index (χ2v) is 4.51. The Morgan fingerprint density at radius 2 is 2.21 bits per heavy atom. The molecule has 0 unspecified atom stereocenters. The maximum atomic E-state index is 11.2. The quantitative estimate of drug-likeness (QED) is 0.779. The summed E-state index contributed by atoms with van der Waals surface area (Å²) in [5.74, 6) is -0.898. The molecule has 19 heavy (non-hydrogen) atoms. The first-order valence-electron chi connectivity index (χ1n) is 5.94. The molecule has 0 aliphatic heterocycles. The minimum absolute atomic E-state index is 0.336. The topological polar surface area (TPSA) is 60.0 Å². The Bertz CT molecular complexity index is 755. The summed E-state index contributed by atoms with van der Waals surface area (Å²) in [5.41, 5.74) is 2.34. The van der Waals surface area contributed by atoms with Gasteiger partial charge in [-0.3, -0.25) is 4.68 Å². The predicted molar refractivity (Wildman–Crippen MR) is 71.2 cm³/mol. The molecule has 0 saturated carbocycles. The van der Waals surface area contributed by atoms with Crippen molar-refractivity contribution in [2.45, 2.75) is 6.54 Å². The molecule has 0 spiro atoms. The molecular weight excluding hydrogens is 242 g/mol. The smallest absolute Gasteiger partial charge is 0.336 e. The molecule has 5 nitrogen and oxygen atoms in total. The summed E-state index contributed by atoms with van der Waals surface area (Å²) < 4.78 is 3.78. The van der Waals surface area contributed by atoms with Crippen LogP contribution in [0.2, 0.25) is 0 Å². The van der Waals surface area contributed by atoms with Crippen LogP contribution >= 0.6 is 0 Å². The van der Waals surface area contributed by atoms with E-state index in [1.54, 1.807) is 16.8 Å². The van der Waals surface area contributed by atoms with Crippen molar-refractivity contribution in [3.63, 3.8) is 0 Å². The van der Waals surface area contributed by atoms with Gasteiger partial charge in [-0.15, -0.1) is 0 Å². The zero-order valence-electron chi connectivity index (χ0n) is 10.4. The number of carbonyl (C=O) groups is 1. The average Bonchev–Trinajstić information content (AvgIpc) is 2.97. The Morgan fingerprint density at radius 1 is 1.37 bits per heavy atom. The molecule has 0 atom stereocenters. The summed E-state index contributed by atoms with van der Waals surface area (Å²) in [6, 6.07) is 7.16. The second kappa shape index (κ2) is 4.28. The van der Waals surface area contributed by atoms with Crippen LogP contribution in [0.15, 0.2) is 42.9 Å². The highest BCUT2D eigenvalue weighted by Crippen LogP contribution is 2.21. The van der Waals surface area contributed by atoms with E-state index in [9.17, 15) is 4.79 Å². The molecule has 96 valence electrons. The molecular formula is C14H13N3O2. The van der Waals surface area contributed by atoms with E-state index < -0.39 is 5.97 Å². The predicted octanol–water partition coefficient (Wildman–Crippen LogP) is 2.12. The molecule has 1 aromatic carbocycles. The van der Waals surface area contributed by atoms with Gasteiger partial charge in [0.25, 0.3) is 0 Å². The molecule has 0 radical (unpaired) electrons. The van der Waals surface area contributed by atoms with Gasteiger partial charge < -0.3 is 9.67 Å². The molecule has 3 aromatic rings. The van der Waals surface area contributed by atoms with Crippen LogP contribution < -0.4 is 0 Å². The van der Waals surface area contributed by atoms with Crippen molar-refractivity contribution in [1.29, 1.82) is 0 Å². The van der Waals surface area contributed by atoms with E-state index in [0.29, 0.717) is 12.1 Å². The van der Waals surface area contributed by atoms with Crippen LogP contribution in [0.3, 0.4) is 0 Å². The lowest BCUT2D eigenvalue weighted by molar-refractivity contribution is 0.0699. The number of carboxylic acid groups (broad SMARTS) is 1. The third-order valence-corrected chi connectivity index (χ3v) is 3.16. The van der Waals surface area contributed by atoms with Gasteiger partial charge in [0.15, 0.2) is 0 Å². The molecule has 0 amide bonds. The van der Waals surface area contributed by atoms with Crippen molar-refractivity contribution in [3.05, 3.63) is 54.0 Å². The standard InChI is InChI=1S/C14H13N3O2/c1-16-8-10(7-15-16)9-17-6-5-11-12(14(18)19)3-2-4-13(11)17/h2-8H,9H2,1H3,(H,18,19). The molecule has 5 heteroatoms. The first-order valence-corrected chi connectivity index (χ1v) is 5.94. The van der Waals surface area contributed by atoms with Crippen LogP contribution in [0.5, 0.6) is 0 Å². The molecule has 1 N–H and O–H groups in total. The Morgan fingerprint density at radius 3 is 2.89 bits per heavy atom. The number of hydrogen-bond acceptors (Lipinski definition) is 2. The lowest BCUT2D eigenvalue weighted by Crippen LogP contribution is -1.99. The second-order valence-electron chi connectivity index (χ2n) is 4.51. The SMILES string of the molecule is Cn1cc(Cn2ccc3c(C(=O)O)cccc32)cn1. The summed E-state index contributed by atoms with van der Waals surface area (Å²) in [6.45, 7) is 0.681. The summed E-state index contributed by atoms with van der Waals surface area (Å²) in [5, 5.41) is 14.1. The Hall–Kier alpha value is -2.56. The highest BCUT2D eigenvalue weighted by atomic mass is 16.4. The number of rotatable bonds is 3. The number of nitrogens with zero attached hydrogens (tertiary/aromatic N) is 3. The van der Waals surface area contributed by atoms with Crippen LogP contribution in [-0.2, 0) is 13.6 Å². The number of hydrogen-bond donors (Lipinski definition) is 1. The monoisotopic (exact) mass is 255 g/mol. The molecule has 2 heterocycles. The summed E-state index contributed by atoms with van der Waals surface area (Å²) in [6.07, 6.45) is 5.67. The van der Waals surface area contributed by atoms with Crippen LogP contribution in [-0.4, -0.2) is 25.4 Å². The minimum Gasteiger partial charge on any atom is -0.478 e. The van der Waals surface area contributed by atoms with E-state index in [2.05, 4.69) is 5.10 Å². The molecule has 3 rings (SSSR count). The molecule has 2 aromatic heterocycles. The number of benzene rings is 1. The highest BCUT2D eigenvalue weighted by Gasteiger charge is 2.11. The molecule has 0 fully saturated rings. The first kappa shape index (κ1) is 11.5. The maximum absolute atomic E-state index is 11.2. The summed E-state index contributed by atoms with van der Waals surface area (Å²) in [4.78, 5) is 11.2. The maximum Gasteiger partial charge on any atom is 0.336 e. The first-order chi connectivity index (χ1) is 9.15. The van der Waals surface area contributed by atoms with Crippen molar-refractivity contribution < 1.29 is 9.90 Å². The van der Waals surface area contributed by atoms with Crippen LogP contribution in [0.4, 0.5) is 0 Å². The van der Waals surface area contributed by atoms with Gasteiger partial charge in [0, 0.05) is 35.9 Å². The fraction of sp³-hybridized carbons (Fsp3) is 0.143.